The summed E-state index contributed by atoms with van der Waals surface area (Å²) in [7, 11) is -9.78. The number of aliphatic hydroxyl groups excluding tert-OH is 2. The van der Waals surface area contributed by atoms with Crippen molar-refractivity contribution in [1.29, 1.82) is 0 Å². The van der Waals surface area contributed by atoms with Crippen LogP contribution in [0.15, 0.2) is 109 Å². The third-order valence-electron chi connectivity index (χ3n) is 12.0. The molecule has 0 aromatic heterocycles. The number of hydrogen-bond acceptors (Lipinski definition) is 14. The Morgan fingerprint density at radius 1 is 0.358 bits per heavy atom. The van der Waals surface area contributed by atoms with E-state index in [4.69, 9.17) is 32.3 Å². The predicted molar refractivity (Wildman–Crippen MR) is 325 cm³/mol. The highest BCUT2D eigenvalue weighted by Gasteiger charge is 2.29. The number of phosphoric ester groups is 2. The molecule has 0 rings (SSSR count). The van der Waals surface area contributed by atoms with E-state index in [0.29, 0.717) is 25.7 Å². The average Bonchev–Trinajstić information content (AvgIpc) is 3.44. The zero-order chi connectivity index (χ0) is 59.6. The van der Waals surface area contributed by atoms with E-state index in [0.717, 1.165) is 135 Å². The van der Waals surface area contributed by atoms with Gasteiger partial charge in [0.1, 0.15) is 25.4 Å². The first kappa shape index (κ1) is 77.2. The van der Waals surface area contributed by atoms with Crippen LogP contribution in [0, 0.1) is 0 Å². The second kappa shape index (κ2) is 56.7. The van der Waals surface area contributed by atoms with Crippen molar-refractivity contribution in [2.45, 2.75) is 232 Å². The van der Waals surface area contributed by atoms with E-state index in [-0.39, 0.29) is 19.3 Å². The van der Waals surface area contributed by atoms with Crippen LogP contribution in [0.2, 0.25) is 0 Å². The lowest BCUT2D eigenvalue weighted by Crippen LogP contribution is -2.30. The van der Waals surface area contributed by atoms with Gasteiger partial charge in [-0.2, -0.15) is 0 Å². The Bertz CT molecular complexity index is 1920. The first-order valence-corrected chi connectivity index (χ1v) is 33.2. The molecule has 81 heavy (non-hydrogen) atoms. The van der Waals surface area contributed by atoms with Gasteiger partial charge in [0.25, 0.3) is 0 Å². The fourth-order valence-corrected chi connectivity index (χ4v) is 8.95. The van der Waals surface area contributed by atoms with Gasteiger partial charge in [-0.15, -0.1) is 0 Å². The fourth-order valence-electron chi connectivity index (χ4n) is 7.36. The summed E-state index contributed by atoms with van der Waals surface area (Å²) in [6, 6.07) is 0. The SMILES string of the molecule is CC/C=C\C/C=C\C/C=C\C/C=C\C/C=C\CCCC(=O)OCC(O)COP(=O)(O)OCC(O)COP(=O)(O)OCC(COC(=O)CCCCCCCCC/C=C\C/C=C\C/C=C\CC)OC(=O)CCCCCCC/C=C\CCCC. The number of esters is 3. The summed E-state index contributed by atoms with van der Waals surface area (Å²) in [6.45, 7) is 2.27. The van der Waals surface area contributed by atoms with Crippen molar-refractivity contribution in [2.24, 2.45) is 0 Å². The van der Waals surface area contributed by atoms with Crippen LogP contribution >= 0.6 is 15.6 Å². The maximum Gasteiger partial charge on any atom is 0.472 e. The molecule has 464 valence electrons. The molecule has 0 aromatic carbocycles. The number of hydrogen-bond donors (Lipinski definition) is 4. The topological polar surface area (TPSA) is 231 Å². The summed E-state index contributed by atoms with van der Waals surface area (Å²) in [5, 5.41) is 20.4. The van der Waals surface area contributed by atoms with Crippen LogP contribution in [0.4, 0.5) is 0 Å². The van der Waals surface area contributed by atoms with Crippen LogP contribution in [0.3, 0.4) is 0 Å². The number of carbonyl (C=O) groups excluding carboxylic acids is 3. The van der Waals surface area contributed by atoms with Crippen LogP contribution in [-0.4, -0.2) is 95.9 Å². The lowest BCUT2D eigenvalue weighted by atomic mass is 10.1. The van der Waals surface area contributed by atoms with E-state index < -0.39 is 91.5 Å². The van der Waals surface area contributed by atoms with Crippen LogP contribution < -0.4 is 0 Å². The smallest absolute Gasteiger partial charge is 0.463 e. The molecule has 16 nitrogen and oxygen atoms in total. The highest BCUT2D eigenvalue weighted by molar-refractivity contribution is 7.47. The summed E-state index contributed by atoms with van der Waals surface area (Å²) < 4.78 is 60.5. The van der Waals surface area contributed by atoms with E-state index in [2.05, 4.69) is 118 Å². The monoisotopic (exact) mass is 1180 g/mol. The molecule has 5 atom stereocenters. The Morgan fingerprint density at radius 2 is 0.667 bits per heavy atom. The molecule has 0 aliphatic heterocycles. The van der Waals surface area contributed by atoms with Crippen LogP contribution in [0.1, 0.15) is 213 Å². The van der Waals surface area contributed by atoms with Crippen LogP contribution in [-0.2, 0) is 55.8 Å². The van der Waals surface area contributed by atoms with Crippen molar-refractivity contribution in [3.05, 3.63) is 109 Å². The minimum atomic E-state index is -4.92. The van der Waals surface area contributed by atoms with Crippen molar-refractivity contribution in [3.8, 4) is 0 Å². The van der Waals surface area contributed by atoms with Gasteiger partial charge < -0.3 is 34.2 Å². The second-order valence-corrected chi connectivity index (χ2v) is 22.6. The fraction of sp³-hybridized carbons (Fsp3) is 0.667. The van der Waals surface area contributed by atoms with Crippen molar-refractivity contribution >= 4 is 33.6 Å². The van der Waals surface area contributed by atoms with Gasteiger partial charge in [0.2, 0.25) is 0 Å². The van der Waals surface area contributed by atoms with Crippen molar-refractivity contribution < 1.29 is 75.8 Å². The minimum Gasteiger partial charge on any atom is -0.463 e. The molecule has 0 aliphatic carbocycles. The quantitative estimate of drug-likeness (QED) is 0.0146. The van der Waals surface area contributed by atoms with Crippen LogP contribution in [0.25, 0.3) is 0 Å². The number of phosphoric acid groups is 2. The van der Waals surface area contributed by atoms with E-state index in [1.54, 1.807) is 0 Å². The van der Waals surface area contributed by atoms with Crippen LogP contribution in [0.5, 0.6) is 0 Å². The van der Waals surface area contributed by atoms with Gasteiger partial charge in [-0.1, -0.05) is 194 Å². The zero-order valence-corrected chi connectivity index (χ0v) is 51.5. The zero-order valence-electron chi connectivity index (χ0n) is 49.7. The number of allylic oxidation sites excluding steroid dienone is 18. The molecule has 0 heterocycles. The molecule has 18 heteroatoms. The molecular formula is C63H106O16P2. The van der Waals surface area contributed by atoms with Gasteiger partial charge >= 0.3 is 33.6 Å². The van der Waals surface area contributed by atoms with Gasteiger partial charge in [-0.3, -0.25) is 32.5 Å². The molecule has 4 N–H and O–H groups in total. The Labute approximate surface area is 488 Å². The molecule has 0 aromatic rings. The summed E-state index contributed by atoms with van der Waals surface area (Å²) in [5.41, 5.74) is 0. The average molecular weight is 1180 g/mol. The summed E-state index contributed by atoms with van der Waals surface area (Å²) in [5.74, 6) is -1.66. The molecule has 0 fully saturated rings. The maximum atomic E-state index is 12.8. The summed E-state index contributed by atoms with van der Waals surface area (Å²) >= 11 is 0. The van der Waals surface area contributed by atoms with E-state index in [1.807, 2.05) is 12.2 Å². The lowest BCUT2D eigenvalue weighted by Gasteiger charge is -2.21. The number of ether oxygens (including phenoxy) is 3. The van der Waals surface area contributed by atoms with Crippen molar-refractivity contribution in [1.82, 2.24) is 0 Å². The molecule has 0 saturated carbocycles. The lowest BCUT2D eigenvalue weighted by molar-refractivity contribution is -0.161. The first-order valence-electron chi connectivity index (χ1n) is 30.2. The largest absolute Gasteiger partial charge is 0.472 e. The van der Waals surface area contributed by atoms with Gasteiger partial charge in [-0.05, 0) is 109 Å². The predicted octanol–water partition coefficient (Wildman–Crippen LogP) is 15.7. The summed E-state index contributed by atoms with van der Waals surface area (Å²) in [4.78, 5) is 58.0. The Morgan fingerprint density at radius 3 is 1.10 bits per heavy atom. The number of unbranched alkanes of at least 4 members (excludes halogenated alkanes) is 15. The summed E-state index contributed by atoms with van der Waals surface area (Å²) in [6.07, 6.45) is 60.3. The number of rotatable bonds is 56. The van der Waals surface area contributed by atoms with Gasteiger partial charge in [0, 0.05) is 19.3 Å². The first-order chi connectivity index (χ1) is 39.2. The normalized spacial score (nSPS) is 15.2. The third kappa shape index (κ3) is 57.8. The van der Waals surface area contributed by atoms with Crippen molar-refractivity contribution in [3.63, 3.8) is 0 Å². The molecule has 0 bridgehead atoms. The molecule has 0 spiro atoms. The second-order valence-electron chi connectivity index (χ2n) is 19.7. The Balaban J connectivity index is 4.71. The maximum absolute atomic E-state index is 12.8. The molecule has 0 amide bonds. The van der Waals surface area contributed by atoms with E-state index in [1.165, 1.54) is 12.8 Å². The Hall–Kier alpha value is -3.79. The van der Waals surface area contributed by atoms with E-state index in [9.17, 15) is 43.5 Å². The molecule has 0 saturated heterocycles. The van der Waals surface area contributed by atoms with Gasteiger partial charge in [0.05, 0.1) is 26.4 Å². The minimum absolute atomic E-state index is 0.0882. The molecular weight excluding hydrogens is 1070 g/mol. The van der Waals surface area contributed by atoms with Crippen molar-refractivity contribution in [2.75, 3.05) is 39.6 Å². The van der Waals surface area contributed by atoms with E-state index >= 15 is 0 Å². The molecule has 5 unspecified atom stereocenters. The highest BCUT2D eigenvalue weighted by atomic mass is 31.2. The van der Waals surface area contributed by atoms with Gasteiger partial charge in [-0.25, -0.2) is 9.13 Å². The number of carbonyl (C=O) groups is 3. The number of aliphatic hydroxyl groups is 2. The molecule has 0 radical (unpaired) electrons. The molecule has 0 aliphatic rings. The third-order valence-corrected chi connectivity index (χ3v) is 13.9. The highest BCUT2D eigenvalue weighted by Crippen LogP contribution is 2.45. The Kier molecular flexibility index (Phi) is 54.0. The standard InChI is InChI=1S/C63H106O16P2/c1-4-7-10-13-16-19-22-24-26-28-30-32-35-37-40-43-46-49-61(66)73-52-58(64)53-75-80(69,70)76-54-59(65)55-77-81(71,72)78-57-60(79-63(68)51-48-45-42-39-34-21-18-15-12-9-6-3)56-74-62(67)50-47-44-41-38-36-33-31-29-27-25-23-20-17-14-11-8-5-2/h7-8,10-11,15-20,24-27,30,32,37,40,58-60,64-65H,4-6,9,12-14,21-23,28-29,31,33-36,38-39,41-57H2,1-3H3,(H,69,70)(H,71,72)/b10-7-,11-8-,18-15-,19-16-,20-17-,26-24-,27-25-,32-30-,40-37-. The van der Waals surface area contributed by atoms with Gasteiger partial charge in [0.15, 0.2) is 6.10 Å².